The summed E-state index contributed by atoms with van der Waals surface area (Å²) in [6.07, 6.45) is 41.3. The molecule has 0 spiro atoms. The smallest absolute Gasteiger partial charge is 0.00285 e. The highest BCUT2D eigenvalue weighted by Crippen LogP contribution is 2.42. The molecule has 210 valence electrons. The summed E-state index contributed by atoms with van der Waals surface area (Å²) in [5, 5.41) is 0. The van der Waals surface area contributed by atoms with Gasteiger partial charge in [0.25, 0.3) is 0 Å². The number of rotatable bonds is 10. The monoisotopic (exact) mass is 522 g/mol. The van der Waals surface area contributed by atoms with Gasteiger partial charge in [-0.1, -0.05) is 153 Å². The van der Waals surface area contributed by atoms with Crippen LogP contribution in [0.15, 0.2) is 131 Å². The Bertz CT molecular complexity index is 1150. The van der Waals surface area contributed by atoms with Crippen LogP contribution in [0.25, 0.3) is 0 Å². The first-order valence-corrected chi connectivity index (χ1v) is 14.9. The van der Waals surface area contributed by atoms with Gasteiger partial charge in [-0.25, -0.2) is 0 Å². The molecular weight excluding hydrogens is 468 g/mol. The van der Waals surface area contributed by atoms with Gasteiger partial charge in [-0.3, -0.25) is 0 Å². The Morgan fingerprint density at radius 3 is 1.95 bits per heavy atom. The van der Waals surface area contributed by atoms with Crippen LogP contribution in [0.1, 0.15) is 94.4 Å². The molecule has 2 aliphatic carbocycles. The minimum absolute atomic E-state index is 0.298. The molecule has 0 heterocycles. The summed E-state index contributed by atoms with van der Waals surface area (Å²) in [4.78, 5) is 0. The summed E-state index contributed by atoms with van der Waals surface area (Å²) in [5.41, 5.74) is 8.94. The summed E-state index contributed by atoms with van der Waals surface area (Å²) in [7, 11) is 0. The highest BCUT2D eigenvalue weighted by Gasteiger charge is 2.30. The fourth-order valence-corrected chi connectivity index (χ4v) is 5.66. The minimum Gasteiger partial charge on any atom is -0.0850 e. The molecule has 0 aromatic carbocycles. The van der Waals surface area contributed by atoms with E-state index in [0.29, 0.717) is 16.7 Å². The quantitative estimate of drug-likeness (QED) is 0.198. The number of hydrogen-bond donors (Lipinski definition) is 0. The Labute approximate surface area is 241 Å². The van der Waals surface area contributed by atoms with Crippen LogP contribution in [0.3, 0.4) is 0 Å². The van der Waals surface area contributed by atoms with Crippen LogP contribution in [-0.2, 0) is 0 Å². The topological polar surface area (TPSA) is 0 Å². The average molecular weight is 523 g/mol. The molecule has 1 atom stereocenters. The average Bonchev–Trinajstić information content (AvgIpc) is 2.84. The van der Waals surface area contributed by atoms with Crippen molar-refractivity contribution in [2.45, 2.75) is 94.4 Å². The van der Waals surface area contributed by atoms with Crippen LogP contribution in [0.2, 0.25) is 0 Å². The summed E-state index contributed by atoms with van der Waals surface area (Å²) >= 11 is 0. The lowest BCUT2D eigenvalue weighted by Gasteiger charge is -2.36. The van der Waals surface area contributed by atoms with Crippen molar-refractivity contribution in [2.75, 3.05) is 0 Å². The van der Waals surface area contributed by atoms with Crippen molar-refractivity contribution in [1.29, 1.82) is 0 Å². The fraction of sp³-hybridized carbons (Fsp3) is 0.436. The third kappa shape index (κ3) is 11.4. The molecule has 39 heavy (non-hydrogen) atoms. The van der Waals surface area contributed by atoms with Gasteiger partial charge in [0.2, 0.25) is 0 Å². The first-order chi connectivity index (χ1) is 18.4. The molecule has 0 heteroatoms. The fourth-order valence-electron chi connectivity index (χ4n) is 5.66. The van der Waals surface area contributed by atoms with Crippen molar-refractivity contribution in [3.63, 3.8) is 0 Å². The molecule has 0 saturated heterocycles. The molecule has 0 saturated carbocycles. The lowest BCUT2D eigenvalue weighted by molar-refractivity contribution is 0.255. The second-order valence-corrected chi connectivity index (χ2v) is 12.8. The van der Waals surface area contributed by atoms with Crippen LogP contribution >= 0.6 is 0 Å². The summed E-state index contributed by atoms with van der Waals surface area (Å²) in [5.74, 6) is 0.533. The van der Waals surface area contributed by atoms with E-state index in [2.05, 4.69) is 160 Å². The van der Waals surface area contributed by atoms with Gasteiger partial charge >= 0.3 is 0 Å². The standard InChI is InChI=1S/C39H54/c1-31(19-12-10-11-13-26-36-34(4)24-17-29-38(36,6)7)20-14-15-21-32(2)22-16-23-33(3)27-28-37-35(5)25-18-30-39(37,8)9/h10-16,19-23,25-28,37H,17-18,24,29-30H2,1-9H3/b11-10+,15-14+,19-12+,22-16+,26-13+,28-27+,31-20+,32-21+,33-23+. The van der Waals surface area contributed by atoms with Gasteiger partial charge in [-0.05, 0) is 83.1 Å². The molecule has 0 N–H and O–H groups in total. The SMILES string of the molecule is CC1=CCCC(C)(C)C1/C=C/C(C)=C/C=C/C(C)=C/C=C/C=C(C)/C=C/C=C/C=C/C1=C(C)CCCC1(C)C. The molecule has 0 aliphatic heterocycles. The molecule has 0 aromatic rings. The van der Waals surface area contributed by atoms with E-state index in [1.54, 1.807) is 5.57 Å². The summed E-state index contributed by atoms with van der Waals surface area (Å²) < 4.78 is 0. The predicted octanol–water partition coefficient (Wildman–Crippen LogP) is 12.1. The van der Waals surface area contributed by atoms with Crippen LogP contribution in [0, 0.1) is 16.7 Å². The molecule has 0 amide bonds. The van der Waals surface area contributed by atoms with E-state index in [4.69, 9.17) is 0 Å². The lowest BCUT2D eigenvalue weighted by atomic mass is 9.68. The zero-order valence-corrected chi connectivity index (χ0v) is 26.4. The van der Waals surface area contributed by atoms with E-state index < -0.39 is 0 Å². The van der Waals surface area contributed by atoms with Crippen molar-refractivity contribution < 1.29 is 0 Å². The van der Waals surface area contributed by atoms with Crippen molar-refractivity contribution >= 4 is 0 Å². The third-order valence-corrected chi connectivity index (χ3v) is 8.18. The van der Waals surface area contributed by atoms with Gasteiger partial charge in [0.1, 0.15) is 0 Å². The number of allylic oxidation sites excluding steroid dienone is 22. The molecule has 0 aromatic heterocycles. The Balaban J connectivity index is 1.83. The molecule has 0 nitrogen and oxygen atoms in total. The third-order valence-electron chi connectivity index (χ3n) is 8.18. The zero-order chi connectivity index (χ0) is 28.9. The highest BCUT2D eigenvalue weighted by molar-refractivity contribution is 5.35. The van der Waals surface area contributed by atoms with Crippen molar-refractivity contribution in [1.82, 2.24) is 0 Å². The normalized spacial score (nSPS) is 23.6. The van der Waals surface area contributed by atoms with E-state index in [0.717, 1.165) is 0 Å². The Kier molecular flexibility index (Phi) is 13.0. The van der Waals surface area contributed by atoms with Crippen LogP contribution in [0.4, 0.5) is 0 Å². The molecule has 0 radical (unpaired) electrons. The van der Waals surface area contributed by atoms with Gasteiger partial charge in [0, 0.05) is 5.92 Å². The molecule has 2 rings (SSSR count). The Hall–Kier alpha value is -2.86. The summed E-state index contributed by atoms with van der Waals surface area (Å²) in [6, 6.07) is 0. The molecule has 0 fully saturated rings. The van der Waals surface area contributed by atoms with E-state index in [-0.39, 0.29) is 0 Å². The lowest BCUT2D eigenvalue weighted by Crippen LogP contribution is -2.26. The van der Waals surface area contributed by atoms with E-state index in [9.17, 15) is 0 Å². The first kappa shape index (κ1) is 32.4. The first-order valence-electron chi connectivity index (χ1n) is 14.9. The maximum absolute atomic E-state index is 2.40. The van der Waals surface area contributed by atoms with Crippen LogP contribution in [-0.4, -0.2) is 0 Å². The molecule has 0 bridgehead atoms. The second-order valence-electron chi connectivity index (χ2n) is 12.8. The van der Waals surface area contributed by atoms with E-state index in [1.165, 1.54) is 60.0 Å². The van der Waals surface area contributed by atoms with Crippen LogP contribution < -0.4 is 0 Å². The van der Waals surface area contributed by atoms with Crippen LogP contribution in [0.5, 0.6) is 0 Å². The van der Waals surface area contributed by atoms with Gasteiger partial charge in [0.15, 0.2) is 0 Å². The maximum atomic E-state index is 2.40. The van der Waals surface area contributed by atoms with E-state index >= 15 is 0 Å². The largest absolute Gasteiger partial charge is 0.0850 e. The van der Waals surface area contributed by atoms with Gasteiger partial charge in [0.05, 0.1) is 0 Å². The van der Waals surface area contributed by atoms with Gasteiger partial charge < -0.3 is 0 Å². The van der Waals surface area contributed by atoms with Crippen molar-refractivity contribution in [3.8, 4) is 0 Å². The van der Waals surface area contributed by atoms with Crippen molar-refractivity contribution in [2.24, 2.45) is 16.7 Å². The number of hydrogen-bond acceptors (Lipinski definition) is 0. The van der Waals surface area contributed by atoms with Gasteiger partial charge in [-0.15, -0.1) is 0 Å². The molecule has 2 aliphatic rings. The minimum atomic E-state index is 0.298. The second kappa shape index (κ2) is 15.7. The zero-order valence-electron chi connectivity index (χ0n) is 26.4. The van der Waals surface area contributed by atoms with Gasteiger partial charge in [-0.2, -0.15) is 0 Å². The Morgan fingerprint density at radius 1 is 0.718 bits per heavy atom. The summed E-state index contributed by atoms with van der Waals surface area (Å²) in [6.45, 7) is 20.5. The molecular formula is C39H54. The van der Waals surface area contributed by atoms with E-state index in [1.807, 2.05) is 0 Å². The maximum Gasteiger partial charge on any atom is 0.00285 e. The highest BCUT2D eigenvalue weighted by atomic mass is 14.3. The molecule has 1 unspecified atom stereocenters. The van der Waals surface area contributed by atoms with Crippen molar-refractivity contribution in [3.05, 3.63) is 131 Å². The Morgan fingerprint density at radius 2 is 1.31 bits per heavy atom. The predicted molar refractivity (Wildman–Crippen MR) is 177 cm³/mol.